The molecule has 0 aliphatic carbocycles. The number of fused-ring (bicyclic) bond motifs is 2. The van der Waals surface area contributed by atoms with Crippen LogP contribution in [0.15, 0.2) is 65.8 Å². The van der Waals surface area contributed by atoms with Gasteiger partial charge < -0.3 is 19.7 Å². The minimum absolute atomic E-state index is 0.223. The van der Waals surface area contributed by atoms with Crippen molar-refractivity contribution in [3.63, 3.8) is 0 Å². The summed E-state index contributed by atoms with van der Waals surface area (Å²) in [5, 5.41) is 13.3. The molecule has 1 unspecified atom stereocenters. The topological polar surface area (TPSA) is 113 Å². The number of hydrogen-bond donors (Lipinski definition) is 1. The molecule has 0 bridgehead atoms. The number of aliphatic imine (C=N–C) groups is 1. The maximum atomic E-state index is 12.9. The molecule has 41 heavy (non-hydrogen) atoms. The monoisotopic (exact) mass is 550 g/mol. The van der Waals surface area contributed by atoms with Crippen LogP contribution in [0.5, 0.6) is 0 Å². The summed E-state index contributed by atoms with van der Waals surface area (Å²) in [4.78, 5) is 29.5. The van der Waals surface area contributed by atoms with Crippen molar-refractivity contribution in [3.8, 4) is 6.07 Å². The summed E-state index contributed by atoms with van der Waals surface area (Å²) in [6.07, 6.45) is 9.01. The van der Waals surface area contributed by atoms with Crippen molar-refractivity contribution in [3.05, 3.63) is 88.9 Å². The SMILES string of the molecule is CC/C=C/C=C(\N=C(C)N1CC(OC)C1)c1ccc2cnc(CNC(=O)c3ccc4c(c3)C(C#N)COC4)cc2n1. The van der Waals surface area contributed by atoms with E-state index in [1.807, 2.05) is 43.3 Å². The molecule has 1 N–H and O–H groups in total. The number of amides is 1. The number of rotatable bonds is 8. The van der Waals surface area contributed by atoms with E-state index in [0.717, 1.165) is 58.8 Å². The molecule has 9 heteroatoms. The minimum Gasteiger partial charge on any atom is -0.378 e. The molecule has 0 radical (unpaired) electrons. The predicted molar refractivity (Wildman–Crippen MR) is 158 cm³/mol. The van der Waals surface area contributed by atoms with Gasteiger partial charge in [-0.2, -0.15) is 5.26 Å². The average Bonchev–Trinajstić information content (AvgIpc) is 2.97. The first-order chi connectivity index (χ1) is 20.0. The van der Waals surface area contributed by atoms with Gasteiger partial charge in [-0.1, -0.05) is 25.1 Å². The second kappa shape index (κ2) is 12.9. The van der Waals surface area contributed by atoms with E-state index in [0.29, 0.717) is 24.5 Å². The first-order valence-corrected chi connectivity index (χ1v) is 13.8. The van der Waals surface area contributed by atoms with Gasteiger partial charge in [0, 0.05) is 37.3 Å². The van der Waals surface area contributed by atoms with Gasteiger partial charge in [-0.25, -0.2) is 9.98 Å². The molecular formula is C32H34N6O3. The zero-order valence-electron chi connectivity index (χ0n) is 23.6. The van der Waals surface area contributed by atoms with Gasteiger partial charge >= 0.3 is 0 Å². The molecule has 1 atom stereocenters. The van der Waals surface area contributed by atoms with Crippen LogP contribution in [0.25, 0.3) is 16.6 Å². The summed E-state index contributed by atoms with van der Waals surface area (Å²) < 4.78 is 10.9. The van der Waals surface area contributed by atoms with Gasteiger partial charge in [-0.3, -0.25) is 9.78 Å². The van der Waals surface area contributed by atoms with Crippen molar-refractivity contribution in [1.82, 2.24) is 20.2 Å². The lowest BCUT2D eigenvalue weighted by Crippen LogP contribution is -2.53. The molecule has 1 aromatic carbocycles. The van der Waals surface area contributed by atoms with Crippen LogP contribution in [0, 0.1) is 11.3 Å². The number of carbonyl (C=O) groups is 1. The summed E-state index contributed by atoms with van der Waals surface area (Å²) in [6.45, 7) is 6.80. The number of carbonyl (C=O) groups excluding carboxylic acids is 1. The maximum Gasteiger partial charge on any atom is 0.251 e. The Morgan fingerprint density at radius 1 is 1.29 bits per heavy atom. The molecule has 5 rings (SSSR count). The smallest absolute Gasteiger partial charge is 0.251 e. The number of aromatic nitrogens is 2. The predicted octanol–water partition coefficient (Wildman–Crippen LogP) is 4.75. The van der Waals surface area contributed by atoms with E-state index in [1.54, 1.807) is 25.4 Å². The van der Waals surface area contributed by atoms with Crippen molar-refractivity contribution >= 4 is 28.3 Å². The van der Waals surface area contributed by atoms with Gasteiger partial charge in [0.2, 0.25) is 0 Å². The zero-order chi connectivity index (χ0) is 28.8. The van der Waals surface area contributed by atoms with Gasteiger partial charge in [0.25, 0.3) is 5.91 Å². The lowest BCUT2D eigenvalue weighted by molar-refractivity contribution is 0.00559. The normalized spacial score (nSPS) is 17.8. The second-order valence-electron chi connectivity index (χ2n) is 10.2. The van der Waals surface area contributed by atoms with Crippen LogP contribution in [-0.2, 0) is 22.6 Å². The van der Waals surface area contributed by atoms with E-state index in [1.165, 1.54) is 0 Å². The van der Waals surface area contributed by atoms with Crippen LogP contribution in [0.1, 0.15) is 59.1 Å². The van der Waals surface area contributed by atoms with Crippen LogP contribution < -0.4 is 5.32 Å². The fourth-order valence-electron chi connectivity index (χ4n) is 4.82. The maximum absolute atomic E-state index is 12.9. The Bertz CT molecular complexity index is 1570. The van der Waals surface area contributed by atoms with Crippen LogP contribution in [0.2, 0.25) is 0 Å². The Balaban J connectivity index is 1.33. The number of benzene rings is 1. The van der Waals surface area contributed by atoms with E-state index in [4.69, 9.17) is 19.5 Å². The highest BCUT2D eigenvalue weighted by atomic mass is 16.5. The average molecular weight is 551 g/mol. The zero-order valence-corrected chi connectivity index (χ0v) is 23.6. The highest BCUT2D eigenvalue weighted by Gasteiger charge is 2.27. The summed E-state index contributed by atoms with van der Waals surface area (Å²) in [5.41, 5.74) is 5.31. The number of likely N-dealkylation sites (tertiary alicyclic amines) is 1. The van der Waals surface area contributed by atoms with Gasteiger partial charge in [-0.15, -0.1) is 0 Å². The van der Waals surface area contributed by atoms with Crippen LogP contribution in [-0.4, -0.2) is 59.5 Å². The largest absolute Gasteiger partial charge is 0.378 e. The fourth-order valence-corrected chi connectivity index (χ4v) is 4.82. The number of nitrogens with zero attached hydrogens (tertiary/aromatic N) is 5. The lowest BCUT2D eigenvalue weighted by Gasteiger charge is -2.39. The third-order valence-electron chi connectivity index (χ3n) is 7.35. The Hall–Kier alpha value is -4.39. The highest BCUT2D eigenvalue weighted by Crippen LogP contribution is 2.27. The minimum atomic E-state index is -0.369. The van der Waals surface area contributed by atoms with E-state index in [-0.39, 0.29) is 24.5 Å². The molecule has 1 amide bonds. The van der Waals surface area contributed by atoms with Crippen molar-refractivity contribution in [2.45, 2.75) is 45.4 Å². The molecule has 0 spiro atoms. The Morgan fingerprint density at radius 2 is 2.15 bits per heavy atom. The molecule has 3 aromatic rings. The lowest BCUT2D eigenvalue weighted by atomic mass is 9.92. The molecule has 9 nitrogen and oxygen atoms in total. The fraction of sp³-hybridized carbons (Fsp3) is 0.344. The van der Waals surface area contributed by atoms with E-state index in [9.17, 15) is 10.1 Å². The molecule has 4 heterocycles. The molecule has 2 aliphatic rings. The standard InChI is InChI=1S/C32H34N6O3/c1-4-5-6-7-29(36-21(2)38-17-27(18-38)40-3)30-11-10-23-15-34-26(13-31(23)37-30)16-35-32(39)22-8-9-24-19-41-20-25(14-33)28(24)12-22/h5-13,15,25,27H,4,16-20H2,1-3H3,(H,35,39)/b6-5+,29-7-,36-21?. The molecular weight excluding hydrogens is 516 g/mol. The van der Waals surface area contributed by atoms with Crippen molar-refractivity contribution in [1.29, 1.82) is 5.26 Å². The number of nitriles is 1. The Kier molecular flexibility index (Phi) is 8.82. The summed E-state index contributed by atoms with van der Waals surface area (Å²) >= 11 is 0. The van der Waals surface area contributed by atoms with Gasteiger partial charge in [-0.05, 0) is 60.9 Å². The van der Waals surface area contributed by atoms with Crippen molar-refractivity contribution in [2.24, 2.45) is 4.99 Å². The molecule has 0 saturated carbocycles. The number of ether oxygens (including phenoxy) is 2. The van der Waals surface area contributed by atoms with Crippen molar-refractivity contribution < 1.29 is 14.3 Å². The summed E-state index contributed by atoms with van der Waals surface area (Å²) in [5.74, 6) is 0.330. The van der Waals surface area contributed by atoms with E-state index < -0.39 is 0 Å². The van der Waals surface area contributed by atoms with Crippen LogP contribution >= 0.6 is 0 Å². The van der Waals surface area contributed by atoms with E-state index >= 15 is 0 Å². The molecule has 1 saturated heterocycles. The van der Waals surface area contributed by atoms with E-state index in [2.05, 4.69) is 34.3 Å². The second-order valence-corrected chi connectivity index (χ2v) is 10.2. The van der Waals surface area contributed by atoms with Gasteiger partial charge in [0.1, 0.15) is 5.84 Å². The Morgan fingerprint density at radius 3 is 2.93 bits per heavy atom. The molecule has 2 aliphatic heterocycles. The summed E-state index contributed by atoms with van der Waals surface area (Å²) in [6, 6.07) is 13.5. The number of amidine groups is 1. The number of methoxy groups -OCH3 is 1. The third-order valence-corrected chi connectivity index (χ3v) is 7.35. The quantitative estimate of drug-likeness (QED) is 0.245. The molecule has 1 fully saturated rings. The number of pyridine rings is 2. The van der Waals surface area contributed by atoms with Crippen molar-refractivity contribution in [2.75, 3.05) is 26.8 Å². The number of allylic oxidation sites excluding steroid dienone is 3. The first kappa shape index (κ1) is 28.1. The van der Waals surface area contributed by atoms with Gasteiger partial charge in [0.05, 0.1) is 60.5 Å². The third kappa shape index (κ3) is 6.51. The Labute approximate surface area is 240 Å². The van der Waals surface area contributed by atoms with Crippen LogP contribution in [0.4, 0.5) is 0 Å². The number of hydrogen-bond acceptors (Lipinski definition) is 7. The number of nitrogens with one attached hydrogen (secondary N) is 1. The summed E-state index contributed by atoms with van der Waals surface area (Å²) in [7, 11) is 1.73. The molecule has 210 valence electrons. The van der Waals surface area contributed by atoms with Gasteiger partial charge in [0.15, 0.2) is 0 Å². The first-order valence-electron chi connectivity index (χ1n) is 13.8. The van der Waals surface area contributed by atoms with Crippen LogP contribution in [0.3, 0.4) is 0 Å². The highest BCUT2D eigenvalue weighted by molar-refractivity contribution is 5.94. The molecule has 2 aromatic heterocycles.